The monoisotopic (exact) mass is 350 g/mol. The molecule has 2 aromatic heterocycles. The van der Waals surface area contributed by atoms with Crippen molar-refractivity contribution in [3.63, 3.8) is 0 Å². The summed E-state index contributed by atoms with van der Waals surface area (Å²) in [5.74, 6) is -1.60. The Morgan fingerprint density at radius 1 is 1.29 bits per heavy atom. The summed E-state index contributed by atoms with van der Waals surface area (Å²) in [5.41, 5.74) is 1.97. The Morgan fingerprint density at radius 2 is 2.04 bits per heavy atom. The molecule has 3 aromatic rings. The number of fused-ring (bicyclic) bond motifs is 1. The molecule has 2 heterocycles. The van der Waals surface area contributed by atoms with Crippen molar-refractivity contribution in [1.82, 2.24) is 14.8 Å². The van der Waals surface area contributed by atoms with Crippen LogP contribution in [-0.4, -0.2) is 27.2 Å². The Balaban J connectivity index is 1.89. The van der Waals surface area contributed by atoms with Gasteiger partial charge in [0.1, 0.15) is 11.3 Å². The summed E-state index contributed by atoms with van der Waals surface area (Å²) in [6.07, 6.45) is 0. The highest BCUT2D eigenvalue weighted by molar-refractivity contribution is 7.22. The molecule has 0 aliphatic rings. The Morgan fingerprint density at radius 3 is 2.67 bits per heavy atom. The number of carbonyl (C=O) groups is 1. The zero-order chi connectivity index (χ0) is 17.4. The highest BCUT2D eigenvalue weighted by Gasteiger charge is 2.19. The second-order valence-electron chi connectivity index (χ2n) is 5.55. The van der Waals surface area contributed by atoms with E-state index in [4.69, 9.17) is 0 Å². The van der Waals surface area contributed by atoms with Crippen molar-refractivity contribution in [2.75, 3.05) is 11.4 Å². The summed E-state index contributed by atoms with van der Waals surface area (Å²) in [4.78, 5) is 17.6. The summed E-state index contributed by atoms with van der Waals surface area (Å²) in [6.45, 7) is 6.10. The molecule has 24 heavy (non-hydrogen) atoms. The molecule has 0 unspecified atom stereocenters. The third-order valence-corrected chi connectivity index (χ3v) is 4.68. The fourth-order valence-electron chi connectivity index (χ4n) is 2.54. The van der Waals surface area contributed by atoms with E-state index in [2.05, 4.69) is 10.1 Å². The smallest absolute Gasteiger partial charge is 0.225 e. The van der Waals surface area contributed by atoms with Gasteiger partial charge in [0.15, 0.2) is 10.9 Å². The van der Waals surface area contributed by atoms with Gasteiger partial charge in [-0.05, 0) is 26.0 Å². The first-order chi connectivity index (χ1) is 11.3. The number of thiazole rings is 1. The fourth-order valence-corrected chi connectivity index (χ4v) is 3.62. The Labute approximate surface area is 141 Å². The zero-order valence-electron chi connectivity index (χ0n) is 13.5. The molecule has 1 aromatic carbocycles. The van der Waals surface area contributed by atoms with Crippen molar-refractivity contribution in [2.24, 2.45) is 0 Å². The van der Waals surface area contributed by atoms with Gasteiger partial charge in [0.25, 0.3) is 0 Å². The molecule has 0 bridgehead atoms. The molecule has 0 aliphatic heterocycles. The Bertz CT molecular complexity index is 918. The molecule has 3 rings (SSSR count). The van der Waals surface area contributed by atoms with Gasteiger partial charge in [0.05, 0.1) is 16.9 Å². The normalized spacial score (nSPS) is 11.2. The van der Waals surface area contributed by atoms with Crippen molar-refractivity contribution in [3.05, 3.63) is 41.2 Å². The van der Waals surface area contributed by atoms with Crippen LogP contribution < -0.4 is 4.90 Å². The topological polar surface area (TPSA) is 51.0 Å². The molecule has 0 saturated heterocycles. The molecular formula is C16H16F2N4OS. The van der Waals surface area contributed by atoms with Gasteiger partial charge in [-0.1, -0.05) is 11.3 Å². The Kier molecular flexibility index (Phi) is 4.31. The van der Waals surface area contributed by atoms with Gasteiger partial charge in [-0.2, -0.15) is 5.10 Å². The molecule has 0 N–H and O–H groups in total. The number of hydrogen-bond donors (Lipinski definition) is 0. The van der Waals surface area contributed by atoms with Crippen LogP contribution in [0.2, 0.25) is 0 Å². The predicted molar refractivity (Wildman–Crippen MR) is 89.3 cm³/mol. The first-order valence-corrected chi connectivity index (χ1v) is 8.21. The van der Waals surface area contributed by atoms with E-state index in [1.807, 2.05) is 19.9 Å². The van der Waals surface area contributed by atoms with E-state index in [1.165, 1.54) is 17.9 Å². The van der Waals surface area contributed by atoms with E-state index >= 15 is 0 Å². The number of rotatable bonds is 4. The number of benzene rings is 1. The van der Waals surface area contributed by atoms with Crippen molar-refractivity contribution in [1.29, 1.82) is 0 Å². The molecule has 0 atom stereocenters. The summed E-state index contributed by atoms with van der Waals surface area (Å²) in [6, 6.07) is 3.96. The molecule has 8 heteroatoms. The fraction of sp³-hybridized carbons (Fsp3) is 0.312. The Hall–Kier alpha value is -2.35. The summed E-state index contributed by atoms with van der Waals surface area (Å²) < 4.78 is 29.3. The average molecular weight is 350 g/mol. The van der Waals surface area contributed by atoms with Crippen LogP contribution in [0, 0.1) is 25.5 Å². The second-order valence-corrected chi connectivity index (χ2v) is 6.56. The minimum atomic E-state index is -0.727. The SMILES string of the molecule is CC(=O)N(CCn1nc(C)cc1C)c1nc2c(F)cc(F)cc2s1. The van der Waals surface area contributed by atoms with E-state index < -0.39 is 11.6 Å². The number of carbonyl (C=O) groups excluding carboxylic acids is 1. The molecule has 0 radical (unpaired) electrons. The summed E-state index contributed by atoms with van der Waals surface area (Å²) in [7, 11) is 0. The number of nitrogens with zero attached hydrogens (tertiary/aromatic N) is 4. The van der Waals surface area contributed by atoms with Gasteiger partial charge in [-0.25, -0.2) is 13.8 Å². The van der Waals surface area contributed by atoms with E-state index in [9.17, 15) is 13.6 Å². The number of aryl methyl sites for hydroxylation is 2. The highest BCUT2D eigenvalue weighted by atomic mass is 32.1. The van der Waals surface area contributed by atoms with Gasteiger partial charge in [0.2, 0.25) is 5.91 Å². The number of halogens is 2. The maximum atomic E-state index is 13.8. The molecular weight excluding hydrogens is 334 g/mol. The first kappa shape index (κ1) is 16.5. The minimum Gasteiger partial charge on any atom is -0.286 e. The van der Waals surface area contributed by atoms with Gasteiger partial charge >= 0.3 is 0 Å². The number of aromatic nitrogens is 3. The van der Waals surface area contributed by atoms with Gasteiger partial charge in [0, 0.05) is 25.2 Å². The molecule has 0 aliphatic carbocycles. The average Bonchev–Trinajstić information content (AvgIpc) is 3.02. The van der Waals surface area contributed by atoms with Crippen LogP contribution >= 0.6 is 11.3 Å². The third-order valence-electron chi connectivity index (χ3n) is 3.65. The second kappa shape index (κ2) is 6.27. The largest absolute Gasteiger partial charge is 0.286 e. The van der Waals surface area contributed by atoms with Crippen LogP contribution in [0.1, 0.15) is 18.3 Å². The predicted octanol–water partition coefficient (Wildman–Crippen LogP) is 3.44. The van der Waals surface area contributed by atoms with Crippen LogP contribution in [-0.2, 0) is 11.3 Å². The van der Waals surface area contributed by atoms with Gasteiger partial charge in [-0.3, -0.25) is 14.4 Å². The van der Waals surface area contributed by atoms with E-state index in [0.29, 0.717) is 22.9 Å². The number of hydrogen-bond acceptors (Lipinski definition) is 4. The molecule has 1 amide bonds. The lowest BCUT2D eigenvalue weighted by Crippen LogP contribution is -2.32. The van der Waals surface area contributed by atoms with Gasteiger partial charge < -0.3 is 0 Å². The molecule has 0 saturated carbocycles. The lowest BCUT2D eigenvalue weighted by atomic mass is 10.3. The van der Waals surface area contributed by atoms with Crippen molar-refractivity contribution in [2.45, 2.75) is 27.3 Å². The zero-order valence-corrected chi connectivity index (χ0v) is 14.3. The van der Waals surface area contributed by atoms with Crippen LogP contribution in [0.15, 0.2) is 18.2 Å². The minimum absolute atomic E-state index is 0.0776. The molecule has 126 valence electrons. The van der Waals surface area contributed by atoms with Crippen molar-refractivity contribution < 1.29 is 13.6 Å². The molecule has 0 fully saturated rings. The van der Waals surface area contributed by atoms with E-state index in [-0.39, 0.29) is 11.4 Å². The van der Waals surface area contributed by atoms with Gasteiger partial charge in [-0.15, -0.1) is 0 Å². The quantitative estimate of drug-likeness (QED) is 0.724. The lowest BCUT2D eigenvalue weighted by molar-refractivity contribution is -0.116. The van der Waals surface area contributed by atoms with Crippen LogP contribution in [0.25, 0.3) is 10.2 Å². The highest BCUT2D eigenvalue weighted by Crippen LogP contribution is 2.31. The third kappa shape index (κ3) is 3.14. The van der Waals surface area contributed by atoms with Crippen molar-refractivity contribution in [3.8, 4) is 0 Å². The maximum Gasteiger partial charge on any atom is 0.225 e. The standard InChI is InChI=1S/C16H16F2N4OS/c1-9-6-10(2)22(20-9)5-4-21(11(3)23)16-19-15-13(18)7-12(17)8-14(15)24-16/h6-8H,4-5H2,1-3H3. The maximum absolute atomic E-state index is 13.8. The summed E-state index contributed by atoms with van der Waals surface area (Å²) in [5, 5.41) is 4.71. The van der Waals surface area contributed by atoms with Crippen LogP contribution in [0.5, 0.6) is 0 Å². The van der Waals surface area contributed by atoms with Crippen LogP contribution in [0.3, 0.4) is 0 Å². The number of amides is 1. The molecule has 0 spiro atoms. The van der Waals surface area contributed by atoms with E-state index in [0.717, 1.165) is 28.8 Å². The summed E-state index contributed by atoms with van der Waals surface area (Å²) >= 11 is 1.09. The lowest BCUT2D eigenvalue weighted by Gasteiger charge is -2.18. The number of anilines is 1. The first-order valence-electron chi connectivity index (χ1n) is 7.40. The molecule has 5 nitrogen and oxygen atoms in total. The van der Waals surface area contributed by atoms with Crippen molar-refractivity contribution >= 4 is 32.6 Å². The van der Waals surface area contributed by atoms with E-state index in [1.54, 1.807) is 4.68 Å². The van der Waals surface area contributed by atoms with Crippen LogP contribution in [0.4, 0.5) is 13.9 Å².